The van der Waals surface area contributed by atoms with E-state index in [1.54, 1.807) is 39.4 Å². The molecule has 54 heavy (non-hydrogen) atoms. The Kier molecular flexibility index (Phi) is 13.8. The van der Waals surface area contributed by atoms with E-state index in [-0.39, 0.29) is 31.5 Å². The predicted molar refractivity (Wildman–Crippen MR) is 208 cm³/mol. The van der Waals surface area contributed by atoms with Gasteiger partial charge >= 0.3 is 11.9 Å². The summed E-state index contributed by atoms with van der Waals surface area (Å²) in [4.78, 5) is 26.0. The number of carbonyl (C=O) groups is 2. The lowest BCUT2D eigenvalue weighted by atomic mass is 9.98. The summed E-state index contributed by atoms with van der Waals surface area (Å²) in [6.07, 6.45) is -2.38. The molecule has 1 aliphatic rings. The minimum Gasteiger partial charge on any atom is -0.497 e. The molecule has 1 N–H and O–H groups in total. The van der Waals surface area contributed by atoms with Crippen LogP contribution in [0.25, 0.3) is 0 Å². The van der Waals surface area contributed by atoms with Gasteiger partial charge in [-0.25, -0.2) is 9.59 Å². The highest BCUT2D eigenvalue weighted by molar-refractivity contribution is 6.99. The number of hydrogen-bond acceptors (Lipinski definition) is 9. The summed E-state index contributed by atoms with van der Waals surface area (Å²) < 4.78 is 42.0. The van der Waals surface area contributed by atoms with Gasteiger partial charge in [0.25, 0.3) is 8.32 Å². The first-order chi connectivity index (χ1) is 25.9. The largest absolute Gasteiger partial charge is 0.497 e. The van der Waals surface area contributed by atoms with Crippen LogP contribution in [0, 0.1) is 0 Å². The Labute approximate surface area is 318 Å². The number of carbonyl (C=O) groups excluding carboxylic acids is 1. The topological polar surface area (TPSA) is 119 Å². The molecule has 4 aromatic carbocycles. The molecule has 1 aliphatic heterocycles. The van der Waals surface area contributed by atoms with Gasteiger partial charge in [-0.15, -0.1) is 0 Å². The molecule has 10 nitrogen and oxygen atoms in total. The van der Waals surface area contributed by atoms with Crippen LogP contribution in [0.15, 0.2) is 121 Å². The highest BCUT2D eigenvalue weighted by Gasteiger charge is 2.51. The molecule has 0 amide bonds. The molecular formula is C43H50O10Si. The fourth-order valence-corrected chi connectivity index (χ4v) is 11.3. The van der Waals surface area contributed by atoms with E-state index >= 15 is 0 Å². The fourth-order valence-electron chi connectivity index (χ4n) is 6.71. The Bertz CT molecular complexity index is 1780. The van der Waals surface area contributed by atoms with Crippen LogP contribution in [-0.4, -0.2) is 77.2 Å². The van der Waals surface area contributed by atoms with Gasteiger partial charge in [0.2, 0.25) is 0 Å². The second-order valence-electron chi connectivity index (χ2n) is 14.2. The Balaban J connectivity index is 1.42. The van der Waals surface area contributed by atoms with E-state index in [0.717, 1.165) is 27.2 Å². The van der Waals surface area contributed by atoms with Crippen LogP contribution in [0.3, 0.4) is 0 Å². The third-order valence-corrected chi connectivity index (χ3v) is 14.5. The van der Waals surface area contributed by atoms with Gasteiger partial charge in [-0.2, -0.15) is 0 Å². The van der Waals surface area contributed by atoms with Gasteiger partial charge < -0.3 is 38.0 Å². The second kappa shape index (κ2) is 18.5. The van der Waals surface area contributed by atoms with E-state index in [1.165, 1.54) is 0 Å². The standard InChI is InChI=1S/C43H50O10Si/c1-30-25-37(52-39(44)29-49-26-31-17-21-33(47-5)22-18-31)38(53-40(30)41(42(45)46)50-27-32-19-23-34(48-6)24-20-32)28-51-54(43(2,3)4,35-13-9-7-10-14-35)36-15-11-8-12-16-36/h7-25,37-38,40-41H,26-29H2,1-6H3,(H,45,46)/t37-,38+,40+,41-/m0/s1. The Morgan fingerprint density at radius 2 is 1.30 bits per heavy atom. The first-order valence-corrected chi connectivity index (χ1v) is 19.8. The third-order valence-electron chi connectivity index (χ3n) is 9.47. The Morgan fingerprint density at radius 3 is 1.78 bits per heavy atom. The van der Waals surface area contributed by atoms with Gasteiger partial charge in [0.1, 0.15) is 36.4 Å². The maximum absolute atomic E-state index is 13.3. The quantitative estimate of drug-likeness (QED) is 0.0771. The third kappa shape index (κ3) is 9.84. The van der Waals surface area contributed by atoms with Crippen LogP contribution in [0.5, 0.6) is 11.5 Å². The summed E-state index contributed by atoms with van der Waals surface area (Å²) in [5.74, 6) is -0.382. The van der Waals surface area contributed by atoms with Crippen molar-refractivity contribution in [3.05, 3.63) is 132 Å². The van der Waals surface area contributed by atoms with Crippen molar-refractivity contribution < 1.29 is 47.5 Å². The van der Waals surface area contributed by atoms with E-state index in [2.05, 4.69) is 45.0 Å². The summed E-state index contributed by atoms with van der Waals surface area (Å²) in [6, 6.07) is 34.9. The van der Waals surface area contributed by atoms with Gasteiger partial charge in [-0.05, 0) is 69.4 Å². The number of carboxylic acids is 1. The lowest BCUT2D eigenvalue weighted by Crippen LogP contribution is -2.67. The van der Waals surface area contributed by atoms with Crippen LogP contribution in [-0.2, 0) is 46.2 Å². The average Bonchev–Trinajstić information content (AvgIpc) is 3.17. The average molecular weight is 755 g/mol. The normalized spacial score (nSPS) is 18.0. The molecule has 0 fully saturated rings. The molecule has 0 saturated heterocycles. The van der Waals surface area contributed by atoms with Crippen LogP contribution in [0.1, 0.15) is 38.8 Å². The monoisotopic (exact) mass is 754 g/mol. The molecule has 0 aromatic heterocycles. The number of aliphatic carboxylic acids is 1. The molecule has 0 radical (unpaired) electrons. The summed E-state index contributed by atoms with van der Waals surface area (Å²) in [7, 11) is 0.119. The minimum absolute atomic E-state index is 0.00301. The van der Waals surface area contributed by atoms with Crippen molar-refractivity contribution in [2.45, 2.75) is 70.4 Å². The number of esters is 1. The lowest BCUT2D eigenvalue weighted by Gasteiger charge is -2.45. The first kappa shape index (κ1) is 40.4. The van der Waals surface area contributed by atoms with E-state index in [0.29, 0.717) is 11.3 Å². The molecule has 0 saturated carbocycles. The van der Waals surface area contributed by atoms with Crippen molar-refractivity contribution in [1.82, 2.24) is 0 Å². The number of methoxy groups -OCH3 is 2. The van der Waals surface area contributed by atoms with Gasteiger partial charge in [-0.3, -0.25) is 0 Å². The van der Waals surface area contributed by atoms with Crippen molar-refractivity contribution in [3.63, 3.8) is 0 Å². The number of hydrogen-bond donors (Lipinski definition) is 1. The highest BCUT2D eigenvalue weighted by atomic mass is 28.4. The number of ether oxygens (including phenoxy) is 6. The number of benzene rings is 4. The first-order valence-electron chi connectivity index (χ1n) is 17.9. The van der Waals surface area contributed by atoms with Crippen molar-refractivity contribution in [2.75, 3.05) is 27.4 Å². The fraction of sp³-hybridized carbons (Fsp3) is 0.349. The second-order valence-corrected chi connectivity index (χ2v) is 18.5. The molecule has 0 aliphatic carbocycles. The zero-order valence-electron chi connectivity index (χ0n) is 31.7. The summed E-state index contributed by atoms with van der Waals surface area (Å²) in [6.45, 7) is 8.17. The van der Waals surface area contributed by atoms with Crippen LogP contribution < -0.4 is 19.8 Å². The number of carboxylic acid groups (broad SMARTS) is 1. The maximum atomic E-state index is 13.3. The van der Waals surface area contributed by atoms with E-state index in [1.807, 2.05) is 72.8 Å². The van der Waals surface area contributed by atoms with Gasteiger partial charge in [-0.1, -0.05) is 106 Å². The molecule has 11 heteroatoms. The molecule has 4 atom stereocenters. The molecule has 5 rings (SSSR count). The van der Waals surface area contributed by atoms with Crippen molar-refractivity contribution in [3.8, 4) is 11.5 Å². The van der Waals surface area contributed by atoms with E-state index < -0.39 is 44.7 Å². The predicted octanol–water partition coefficient (Wildman–Crippen LogP) is 6.09. The smallest absolute Gasteiger partial charge is 0.335 e. The van der Waals surface area contributed by atoms with Crippen LogP contribution in [0.4, 0.5) is 0 Å². The zero-order chi connectivity index (χ0) is 38.7. The number of rotatable bonds is 17. The molecule has 0 unspecified atom stereocenters. The van der Waals surface area contributed by atoms with Crippen molar-refractivity contribution >= 4 is 30.6 Å². The minimum atomic E-state index is -3.06. The SMILES string of the molecule is COc1ccc(COCC(=O)O[C@H]2C=C(C)[C@H]([C@H](OCc3ccc(OC)cc3)C(=O)O)O[C@@H]2CO[Si](c2ccccc2)(c2ccccc2)C(C)(C)C)cc1. The zero-order valence-corrected chi connectivity index (χ0v) is 32.7. The van der Waals surface area contributed by atoms with Gasteiger partial charge in [0.15, 0.2) is 6.10 Å². The highest BCUT2D eigenvalue weighted by Crippen LogP contribution is 2.38. The van der Waals surface area contributed by atoms with Crippen molar-refractivity contribution in [2.24, 2.45) is 0 Å². The summed E-state index contributed by atoms with van der Waals surface area (Å²) in [5, 5.41) is 12.2. The molecular weight excluding hydrogens is 705 g/mol. The van der Waals surface area contributed by atoms with Gasteiger partial charge in [0.05, 0.1) is 34.0 Å². The van der Waals surface area contributed by atoms with Crippen molar-refractivity contribution in [1.29, 1.82) is 0 Å². The van der Waals surface area contributed by atoms with Gasteiger partial charge in [0, 0.05) is 0 Å². The van der Waals surface area contributed by atoms with Crippen LogP contribution in [0.2, 0.25) is 5.04 Å². The molecule has 1 heterocycles. The van der Waals surface area contributed by atoms with E-state index in [9.17, 15) is 14.7 Å². The summed E-state index contributed by atoms with van der Waals surface area (Å²) >= 11 is 0. The lowest BCUT2D eigenvalue weighted by molar-refractivity contribution is -0.182. The molecule has 4 aromatic rings. The Hall–Kier alpha value is -4.78. The molecule has 0 spiro atoms. The molecule has 0 bridgehead atoms. The maximum Gasteiger partial charge on any atom is 0.335 e. The molecule has 286 valence electrons. The Morgan fingerprint density at radius 1 is 0.778 bits per heavy atom. The summed E-state index contributed by atoms with van der Waals surface area (Å²) in [5.41, 5.74) is 2.19. The van der Waals surface area contributed by atoms with Crippen LogP contribution >= 0.6 is 0 Å². The van der Waals surface area contributed by atoms with E-state index in [4.69, 9.17) is 32.8 Å².